The van der Waals surface area contributed by atoms with Gasteiger partial charge in [-0.2, -0.15) is 0 Å². The molecule has 2 aromatic rings. The number of aromatic hydroxyl groups is 1. The van der Waals surface area contributed by atoms with Gasteiger partial charge in [0.05, 0.1) is 25.1 Å². The summed E-state index contributed by atoms with van der Waals surface area (Å²) in [6.07, 6.45) is 1.52. The molecule has 0 bridgehead atoms. The van der Waals surface area contributed by atoms with E-state index in [2.05, 4.69) is 10.3 Å². The van der Waals surface area contributed by atoms with Crippen molar-refractivity contribution in [2.75, 3.05) is 12.4 Å². The number of methoxy groups -OCH3 is 1. The first-order chi connectivity index (χ1) is 10.1. The molecule has 0 saturated heterocycles. The Morgan fingerprint density at radius 2 is 2.14 bits per heavy atom. The minimum Gasteiger partial charge on any atom is -0.506 e. The van der Waals surface area contributed by atoms with Crippen LogP contribution in [0.1, 0.15) is 16.8 Å². The number of aliphatic hydroxyl groups is 1. The molecule has 0 fully saturated rings. The van der Waals surface area contributed by atoms with E-state index in [1.807, 2.05) is 0 Å². The molecular formula is C15H17FN2O3. The molecule has 1 aromatic carbocycles. The van der Waals surface area contributed by atoms with E-state index in [9.17, 15) is 14.6 Å². The van der Waals surface area contributed by atoms with Gasteiger partial charge in [-0.1, -0.05) is 0 Å². The quantitative estimate of drug-likeness (QED) is 0.789. The van der Waals surface area contributed by atoms with Crippen LogP contribution in [0.25, 0.3) is 0 Å². The number of pyridine rings is 1. The summed E-state index contributed by atoms with van der Waals surface area (Å²) in [6.45, 7) is 1.71. The van der Waals surface area contributed by atoms with E-state index in [0.29, 0.717) is 28.3 Å². The van der Waals surface area contributed by atoms with Crippen LogP contribution in [0.3, 0.4) is 0 Å². The summed E-state index contributed by atoms with van der Waals surface area (Å²) in [5.41, 5.74) is 2.16. The van der Waals surface area contributed by atoms with E-state index >= 15 is 0 Å². The van der Waals surface area contributed by atoms with Crippen molar-refractivity contribution >= 4 is 5.69 Å². The lowest BCUT2D eigenvalue weighted by atomic mass is 10.1. The Bertz CT molecular complexity index is 647. The summed E-state index contributed by atoms with van der Waals surface area (Å²) in [7, 11) is 1.45. The normalized spacial score (nSPS) is 10.5. The maximum Gasteiger partial charge on any atom is 0.144 e. The minimum absolute atomic E-state index is 0.0372. The number of nitrogens with one attached hydrogen (secondary N) is 1. The van der Waals surface area contributed by atoms with E-state index in [1.165, 1.54) is 25.4 Å². The Hall–Kier alpha value is -2.34. The van der Waals surface area contributed by atoms with Gasteiger partial charge in [0, 0.05) is 29.9 Å². The Labute approximate surface area is 122 Å². The highest BCUT2D eigenvalue weighted by Crippen LogP contribution is 2.28. The van der Waals surface area contributed by atoms with E-state index in [4.69, 9.17) is 4.74 Å². The lowest BCUT2D eigenvalue weighted by Crippen LogP contribution is -2.06. The van der Waals surface area contributed by atoms with Gasteiger partial charge in [0.1, 0.15) is 17.3 Å². The Morgan fingerprint density at radius 1 is 1.38 bits per heavy atom. The van der Waals surface area contributed by atoms with Crippen LogP contribution >= 0.6 is 0 Å². The predicted octanol–water partition coefficient (Wildman–Crippen LogP) is 2.35. The topological polar surface area (TPSA) is 74.6 Å². The summed E-state index contributed by atoms with van der Waals surface area (Å²) < 4.78 is 18.2. The number of anilines is 1. The second-order valence-electron chi connectivity index (χ2n) is 4.55. The van der Waals surface area contributed by atoms with Gasteiger partial charge < -0.3 is 20.3 Å². The molecule has 0 amide bonds. The van der Waals surface area contributed by atoms with Crippen molar-refractivity contribution in [3.05, 3.63) is 47.0 Å². The first-order valence-corrected chi connectivity index (χ1v) is 6.41. The molecule has 21 heavy (non-hydrogen) atoms. The van der Waals surface area contributed by atoms with Gasteiger partial charge in [0.2, 0.25) is 0 Å². The molecule has 112 valence electrons. The molecule has 1 heterocycles. The number of aryl methyl sites for hydroxylation is 1. The van der Waals surface area contributed by atoms with Crippen LogP contribution in [-0.2, 0) is 13.2 Å². The fourth-order valence-electron chi connectivity index (χ4n) is 2.01. The third kappa shape index (κ3) is 3.22. The smallest absolute Gasteiger partial charge is 0.144 e. The van der Waals surface area contributed by atoms with Crippen molar-refractivity contribution in [2.45, 2.75) is 20.1 Å². The lowest BCUT2D eigenvalue weighted by molar-refractivity contribution is 0.279. The average Bonchev–Trinajstić information content (AvgIpc) is 2.49. The monoisotopic (exact) mass is 292 g/mol. The molecule has 0 radical (unpaired) electrons. The first kappa shape index (κ1) is 15.1. The fourth-order valence-corrected chi connectivity index (χ4v) is 2.01. The van der Waals surface area contributed by atoms with Crippen LogP contribution < -0.4 is 10.1 Å². The Balaban J connectivity index is 2.26. The molecule has 0 aliphatic rings. The summed E-state index contributed by atoms with van der Waals surface area (Å²) in [4.78, 5) is 4.00. The van der Waals surface area contributed by atoms with Crippen LogP contribution in [0.4, 0.5) is 10.1 Å². The Morgan fingerprint density at radius 3 is 2.81 bits per heavy atom. The summed E-state index contributed by atoms with van der Waals surface area (Å²) in [5, 5.41) is 22.4. The number of aliphatic hydroxyl groups excluding tert-OH is 1. The molecule has 0 atom stereocenters. The third-order valence-electron chi connectivity index (χ3n) is 3.22. The van der Waals surface area contributed by atoms with Crippen molar-refractivity contribution in [3.8, 4) is 11.5 Å². The zero-order valence-corrected chi connectivity index (χ0v) is 11.9. The number of halogens is 1. The van der Waals surface area contributed by atoms with Gasteiger partial charge in [0.15, 0.2) is 0 Å². The number of ether oxygens (including phenoxy) is 1. The van der Waals surface area contributed by atoms with Gasteiger partial charge in [-0.25, -0.2) is 4.39 Å². The second-order valence-corrected chi connectivity index (χ2v) is 4.55. The van der Waals surface area contributed by atoms with Gasteiger partial charge >= 0.3 is 0 Å². The molecule has 2 rings (SSSR count). The zero-order chi connectivity index (χ0) is 15.4. The zero-order valence-electron chi connectivity index (χ0n) is 11.9. The molecule has 0 aliphatic heterocycles. The highest BCUT2D eigenvalue weighted by Gasteiger charge is 2.12. The molecule has 0 saturated carbocycles. The third-order valence-corrected chi connectivity index (χ3v) is 3.22. The molecule has 6 heteroatoms. The molecule has 3 N–H and O–H groups in total. The number of aromatic nitrogens is 1. The van der Waals surface area contributed by atoms with Crippen molar-refractivity contribution < 1.29 is 19.3 Å². The molecule has 5 nitrogen and oxygen atoms in total. The fraction of sp³-hybridized carbons (Fsp3) is 0.267. The molecule has 1 aromatic heterocycles. The van der Waals surface area contributed by atoms with Crippen molar-refractivity contribution in [1.82, 2.24) is 4.98 Å². The summed E-state index contributed by atoms with van der Waals surface area (Å²) in [5.74, 6) is 0.0111. The van der Waals surface area contributed by atoms with E-state index in [0.717, 1.165) is 0 Å². The van der Waals surface area contributed by atoms with E-state index in [1.54, 1.807) is 13.0 Å². The maximum absolute atomic E-state index is 13.1. The van der Waals surface area contributed by atoms with E-state index < -0.39 is 5.82 Å². The summed E-state index contributed by atoms with van der Waals surface area (Å²) >= 11 is 0. The van der Waals surface area contributed by atoms with Gasteiger partial charge in [0.25, 0.3) is 0 Å². The molecule has 0 spiro atoms. The van der Waals surface area contributed by atoms with Crippen LogP contribution in [0.5, 0.6) is 11.5 Å². The van der Waals surface area contributed by atoms with Crippen LogP contribution in [0.15, 0.2) is 24.4 Å². The lowest BCUT2D eigenvalue weighted by Gasteiger charge is -2.15. The van der Waals surface area contributed by atoms with Crippen molar-refractivity contribution in [3.63, 3.8) is 0 Å². The molecular weight excluding hydrogens is 275 g/mol. The molecule has 0 unspecified atom stereocenters. The van der Waals surface area contributed by atoms with Gasteiger partial charge in [-0.15, -0.1) is 0 Å². The SMILES string of the molecule is COc1cc(F)ccc1NCc1c(CO)cnc(C)c1O. The summed E-state index contributed by atoms with van der Waals surface area (Å²) in [6, 6.07) is 4.14. The van der Waals surface area contributed by atoms with E-state index in [-0.39, 0.29) is 18.9 Å². The standard InChI is InChI=1S/C15H17FN2O3/c1-9-15(20)12(10(8-19)6-17-9)7-18-13-4-3-11(16)5-14(13)21-2/h3-6,18-20H,7-8H2,1-2H3. The van der Waals surface area contributed by atoms with Crippen LogP contribution in [-0.4, -0.2) is 22.3 Å². The minimum atomic E-state index is -0.393. The highest BCUT2D eigenvalue weighted by molar-refractivity contribution is 5.57. The average molecular weight is 292 g/mol. The van der Waals surface area contributed by atoms with Crippen LogP contribution in [0, 0.1) is 12.7 Å². The van der Waals surface area contributed by atoms with Crippen molar-refractivity contribution in [1.29, 1.82) is 0 Å². The number of hydrogen-bond acceptors (Lipinski definition) is 5. The second kappa shape index (κ2) is 6.41. The Kier molecular flexibility index (Phi) is 4.59. The predicted molar refractivity (Wildman–Crippen MR) is 76.8 cm³/mol. The number of hydrogen-bond donors (Lipinski definition) is 3. The van der Waals surface area contributed by atoms with Gasteiger partial charge in [-0.05, 0) is 19.1 Å². The number of nitrogens with zero attached hydrogens (tertiary/aromatic N) is 1. The first-order valence-electron chi connectivity index (χ1n) is 6.41. The largest absolute Gasteiger partial charge is 0.506 e. The number of rotatable bonds is 5. The highest BCUT2D eigenvalue weighted by atomic mass is 19.1. The van der Waals surface area contributed by atoms with Gasteiger partial charge in [-0.3, -0.25) is 4.98 Å². The van der Waals surface area contributed by atoms with Crippen molar-refractivity contribution in [2.24, 2.45) is 0 Å². The van der Waals surface area contributed by atoms with Crippen LogP contribution in [0.2, 0.25) is 0 Å². The maximum atomic E-state index is 13.1. The molecule has 0 aliphatic carbocycles. The number of benzene rings is 1.